The van der Waals surface area contributed by atoms with Crippen LogP contribution in [0.25, 0.3) is 32.8 Å². The first kappa shape index (κ1) is 20.7. The Kier molecular flexibility index (Phi) is 5.19. The van der Waals surface area contributed by atoms with Gasteiger partial charge in [-0.2, -0.15) is 5.10 Å². The first-order valence-electron chi connectivity index (χ1n) is 11.7. The zero-order chi connectivity index (χ0) is 23.1. The molecule has 0 spiro atoms. The second kappa shape index (κ2) is 8.50. The molecule has 0 atom stereocenters. The largest absolute Gasteiger partial charge is 0.360 e. The summed E-state index contributed by atoms with van der Waals surface area (Å²) in [6, 6.07) is 10.8. The second-order valence-corrected chi connectivity index (χ2v) is 9.21. The Balaban J connectivity index is 1.24. The number of aromatic nitrogens is 5. The predicted molar refractivity (Wildman–Crippen MR) is 133 cm³/mol. The monoisotopic (exact) mass is 450 g/mol. The van der Waals surface area contributed by atoms with E-state index in [1.807, 2.05) is 41.7 Å². The third kappa shape index (κ3) is 3.88. The van der Waals surface area contributed by atoms with Gasteiger partial charge in [-0.3, -0.25) is 19.4 Å². The minimum atomic E-state index is 0.0449. The number of hydrogen-bond acceptors (Lipinski definition) is 5. The van der Waals surface area contributed by atoms with Crippen molar-refractivity contribution in [2.45, 2.75) is 25.3 Å². The number of benzene rings is 1. The molecular weight excluding hydrogens is 424 g/mol. The number of fused-ring (bicyclic) bond motifs is 2. The molecule has 170 valence electrons. The molecule has 0 saturated carbocycles. The van der Waals surface area contributed by atoms with Crippen LogP contribution in [0.3, 0.4) is 0 Å². The van der Waals surface area contributed by atoms with Crippen LogP contribution in [0.4, 0.5) is 0 Å². The molecule has 7 nitrogen and oxygen atoms in total. The van der Waals surface area contributed by atoms with Crippen LogP contribution < -0.4 is 0 Å². The van der Waals surface area contributed by atoms with Gasteiger partial charge in [0.05, 0.1) is 35.9 Å². The molecule has 1 aliphatic heterocycles. The van der Waals surface area contributed by atoms with Crippen molar-refractivity contribution >= 4 is 27.5 Å². The first-order valence-corrected chi connectivity index (χ1v) is 11.7. The van der Waals surface area contributed by atoms with Crippen molar-refractivity contribution in [3.8, 4) is 11.1 Å². The summed E-state index contributed by atoms with van der Waals surface area (Å²) < 4.78 is 1.97. The third-order valence-corrected chi connectivity index (χ3v) is 6.89. The quantitative estimate of drug-likeness (QED) is 0.394. The fraction of sp³-hybridized carbons (Fsp3) is 0.259. The molecule has 7 heteroatoms. The number of Topliss-reactive ketones (excluding diaryl/α,β-unsaturated/α-hetero) is 1. The lowest BCUT2D eigenvalue weighted by Crippen LogP contribution is -2.31. The molecule has 0 radical (unpaired) electrons. The number of hydrogen-bond donors (Lipinski definition) is 1. The molecule has 1 N–H and O–H groups in total. The lowest BCUT2D eigenvalue weighted by molar-refractivity contribution is 0.0991. The SMILES string of the molecule is CN1CCC(n2cc(C(=O)Cc3cc4cc(-c5cncc6[nH]ccc56)ccc4cn3)cn2)CC1. The van der Waals surface area contributed by atoms with Crippen molar-refractivity contribution < 1.29 is 4.79 Å². The Bertz CT molecular complexity index is 1490. The van der Waals surface area contributed by atoms with E-state index < -0.39 is 0 Å². The molecular formula is C27H26N6O. The van der Waals surface area contributed by atoms with Gasteiger partial charge in [0.2, 0.25) is 0 Å². The highest BCUT2D eigenvalue weighted by Gasteiger charge is 2.20. The van der Waals surface area contributed by atoms with Gasteiger partial charge in [0.15, 0.2) is 5.78 Å². The lowest BCUT2D eigenvalue weighted by Gasteiger charge is -2.28. The van der Waals surface area contributed by atoms with Gasteiger partial charge < -0.3 is 9.88 Å². The van der Waals surface area contributed by atoms with Crippen molar-refractivity contribution in [1.82, 2.24) is 29.6 Å². The summed E-state index contributed by atoms with van der Waals surface area (Å²) in [7, 11) is 2.14. The van der Waals surface area contributed by atoms with Crippen LogP contribution in [0, 0.1) is 0 Å². The summed E-state index contributed by atoms with van der Waals surface area (Å²) in [4.78, 5) is 27.5. The van der Waals surface area contributed by atoms with Crippen LogP contribution >= 0.6 is 0 Å². The Morgan fingerprint density at radius 3 is 2.82 bits per heavy atom. The van der Waals surface area contributed by atoms with Crippen LogP contribution in [0.15, 0.2) is 67.5 Å². The number of carbonyl (C=O) groups is 1. The Labute approximate surface area is 197 Å². The van der Waals surface area contributed by atoms with E-state index in [2.05, 4.69) is 56.3 Å². The second-order valence-electron chi connectivity index (χ2n) is 9.21. The normalized spacial score (nSPS) is 15.3. The van der Waals surface area contributed by atoms with Gasteiger partial charge in [0.1, 0.15) is 0 Å². The minimum Gasteiger partial charge on any atom is -0.360 e. The third-order valence-electron chi connectivity index (χ3n) is 6.89. The summed E-state index contributed by atoms with van der Waals surface area (Å²) in [6.45, 7) is 2.12. The van der Waals surface area contributed by atoms with Crippen LogP contribution in [0.1, 0.15) is 34.9 Å². The topological polar surface area (TPSA) is 79.7 Å². The molecule has 5 heterocycles. The van der Waals surface area contributed by atoms with Gasteiger partial charge in [0.25, 0.3) is 0 Å². The van der Waals surface area contributed by atoms with Crippen molar-refractivity contribution in [2.24, 2.45) is 0 Å². The number of H-pyrrole nitrogens is 1. The smallest absolute Gasteiger partial charge is 0.171 e. The number of rotatable bonds is 5. The molecule has 1 aliphatic rings. The fourth-order valence-electron chi connectivity index (χ4n) is 4.87. The molecule has 0 amide bonds. The number of piperidine rings is 1. The van der Waals surface area contributed by atoms with Crippen LogP contribution in [-0.4, -0.2) is 55.6 Å². The molecule has 1 aromatic carbocycles. The zero-order valence-electron chi connectivity index (χ0n) is 19.1. The van der Waals surface area contributed by atoms with Gasteiger partial charge in [-0.25, -0.2) is 0 Å². The first-order chi connectivity index (χ1) is 16.6. The van der Waals surface area contributed by atoms with E-state index in [9.17, 15) is 4.79 Å². The Morgan fingerprint density at radius 1 is 1.06 bits per heavy atom. The van der Waals surface area contributed by atoms with E-state index >= 15 is 0 Å². The fourth-order valence-corrected chi connectivity index (χ4v) is 4.87. The van der Waals surface area contributed by atoms with Gasteiger partial charge in [0, 0.05) is 46.8 Å². The summed E-state index contributed by atoms with van der Waals surface area (Å²) >= 11 is 0. The lowest BCUT2D eigenvalue weighted by atomic mass is 10.00. The number of likely N-dealkylation sites (tertiary alicyclic amines) is 1. The number of nitrogens with one attached hydrogen (secondary N) is 1. The summed E-state index contributed by atoms with van der Waals surface area (Å²) in [5.41, 5.74) is 4.60. The molecule has 0 aliphatic carbocycles. The van der Waals surface area contributed by atoms with Crippen molar-refractivity contribution in [3.63, 3.8) is 0 Å². The molecule has 34 heavy (non-hydrogen) atoms. The van der Waals surface area contributed by atoms with Gasteiger partial charge >= 0.3 is 0 Å². The number of ketones is 1. The van der Waals surface area contributed by atoms with E-state index in [4.69, 9.17) is 0 Å². The number of nitrogens with zero attached hydrogens (tertiary/aromatic N) is 5. The maximum Gasteiger partial charge on any atom is 0.171 e. The highest BCUT2D eigenvalue weighted by Crippen LogP contribution is 2.30. The summed E-state index contributed by atoms with van der Waals surface area (Å²) in [5, 5.41) is 7.74. The summed E-state index contributed by atoms with van der Waals surface area (Å²) in [5.74, 6) is 0.0449. The van der Waals surface area contributed by atoms with E-state index in [1.54, 1.807) is 6.20 Å². The number of carbonyl (C=O) groups excluding carboxylic acids is 1. The van der Waals surface area contributed by atoms with E-state index in [1.165, 1.54) is 0 Å². The van der Waals surface area contributed by atoms with Crippen molar-refractivity contribution in [3.05, 3.63) is 78.8 Å². The average Bonchev–Trinajstić information content (AvgIpc) is 3.54. The number of aromatic amines is 1. The van der Waals surface area contributed by atoms with Crippen LogP contribution in [-0.2, 0) is 6.42 Å². The number of pyridine rings is 2. The highest BCUT2D eigenvalue weighted by atomic mass is 16.1. The maximum atomic E-state index is 13.0. The average molecular weight is 451 g/mol. The molecule has 0 unspecified atom stereocenters. The predicted octanol–water partition coefficient (Wildman–Crippen LogP) is 4.67. The standard InChI is InChI=1S/C27H26N6O/c1-32-8-5-23(6-9-32)33-17-21(14-31-33)27(34)12-22-11-20-10-18(2-3-19(20)13-30-22)25-15-28-16-26-24(25)4-7-29-26/h2-4,7,10-11,13-17,23,29H,5-6,8-9,12H2,1H3. The van der Waals surface area contributed by atoms with Crippen LogP contribution in [0.5, 0.6) is 0 Å². The molecule has 5 aromatic rings. The Morgan fingerprint density at radius 2 is 1.94 bits per heavy atom. The zero-order valence-corrected chi connectivity index (χ0v) is 19.1. The summed E-state index contributed by atoms with van der Waals surface area (Å²) in [6.07, 6.45) is 13.5. The van der Waals surface area contributed by atoms with E-state index in [0.29, 0.717) is 11.6 Å². The van der Waals surface area contributed by atoms with Crippen LogP contribution in [0.2, 0.25) is 0 Å². The van der Waals surface area contributed by atoms with Crippen molar-refractivity contribution in [2.75, 3.05) is 20.1 Å². The minimum absolute atomic E-state index is 0.0449. The molecule has 6 rings (SSSR count). The molecule has 4 aromatic heterocycles. The van der Waals surface area contributed by atoms with Crippen molar-refractivity contribution in [1.29, 1.82) is 0 Å². The molecule has 1 fully saturated rings. The van der Waals surface area contributed by atoms with E-state index in [-0.39, 0.29) is 12.2 Å². The molecule has 0 bridgehead atoms. The van der Waals surface area contributed by atoms with E-state index in [0.717, 1.165) is 64.4 Å². The molecule has 1 saturated heterocycles. The van der Waals surface area contributed by atoms with Gasteiger partial charge in [-0.15, -0.1) is 0 Å². The maximum absolute atomic E-state index is 13.0. The van der Waals surface area contributed by atoms with Gasteiger partial charge in [-0.1, -0.05) is 12.1 Å². The Hall–Kier alpha value is -3.84. The van der Waals surface area contributed by atoms with Gasteiger partial charge in [-0.05, 0) is 62.1 Å². The highest BCUT2D eigenvalue weighted by molar-refractivity contribution is 5.99.